The molecule has 1 aliphatic heterocycles. The van der Waals surface area contributed by atoms with Gasteiger partial charge in [0.25, 0.3) is 0 Å². The highest BCUT2D eigenvalue weighted by atomic mass is 16.2. The quantitative estimate of drug-likeness (QED) is 0.708. The van der Waals surface area contributed by atoms with Gasteiger partial charge < -0.3 is 16.0 Å². The Morgan fingerprint density at radius 1 is 1.29 bits per heavy atom. The summed E-state index contributed by atoms with van der Waals surface area (Å²) in [5, 5.41) is 2.98. The first-order valence-corrected chi connectivity index (χ1v) is 6.46. The zero-order valence-electron chi connectivity index (χ0n) is 10.2. The number of carbonyl (C=O) groups excluding carboxylic acids is 2. The van der Waals surface area contributed by atoms with E-state index in [2.05, 4.69) is 5.32 Å². The molecule has 1 aliphatic carbocycles. The van der Waals surface area contributed by atoms with Gasteiger partial charge in [-0.05, 0) is 31.6 Å². The average molecular weight is 239 g/mol. The lowest BCUT2D eigenvalue weighted by molar-refractivity contribution is -0.134. The minimum atomic E-state index is -0.0512. The molecule has 5 nitrogen and oxygen atoms in total. The summed E-state index contributed by atoms with van der Waals surface area (Å²) in [7, 11) is 0. The third-order valence-electron chi connectivity index (χ3n) is 3.58. The number of amides is 2. The van der Waals surface area contributed by atoms with Crippen LogP contribution in [0.1, 0.15) is 25.7 Å². The third kappa shape index (κ3) is 3.43. The molecule has 0 aromatic heterocycles. The molecule has 2 aliphatic rings. The van der Waals surface area contributed by atoms with Crippen LogP contribution >= 0.6 is 0 Å². The van der Waals surface area contributed by atoms with Crippen molar-refractivity contribution in [3.8, 4) is 0 Å². The van der Waals surface area contributed by atoms with Gasteiger partial charge in [-0.2, -0.15) is 0 Å². The second-order valence-corrected chi connectivity index (χ2v) is 5.07. The number of likely N-dealkylation sites (tertiary alicyclic amines) is 1. The summed E-state index contributed by atoms with van der Waals surface area (Å²) in [5.74, 6) is 0.707. The fourth-order valence-electron chi connectivity index (χ4n) is 2.26. The molecule has 17 heavy (non-hydrogen) atoms. The number of hydrogen-bond donors (Lipinski definition) is 2. The topological polar surface area (TPSA) is 75.4 Å². The summed E-state index contributed by atoms with van der Waals surface area (Å²) in [5.41, 5.74) is 5.34. The Labute approximate surface area is 102 Å². The van der Waals surface area contributed by atoms with Crippen LogP contribution in [0.5, 0.6) is 0 Å². The zero-order valence-corrected chi connectivity index (χ0v) is 10.2. The summed E-state index contributed by atoms with van der Waals surface area (Å²) in [6.45, 7) is 2.12. The number of nitrogens with zero attached hydrogens (tertiary/aromatic N) is 1. The van der Waals surface area contributed by atoms with Gasteiger partial charge >= 0.3 is 0 Å². The lowest BCUT2D eigenvalue weighted by Gasteiger charge is -2.31. The van der Waals surface area contributed by atoms with Crippen molar-refractivity contribution in [1.29, 1.82) is 0 Å². The van der Waals surface area contributed by atoms with Crippen LogP contribution in [0.15, 0.2) is 0 Å². The van der Waals surface area contributed by atoms with Gasteiger partial charge in [0.1, 0.15) is 0 Å². The molecule has 2 fully saturated rings. The lowest BCUT2D eigenvalue weighted by Crippen LogP contribution is -2.47. The van der Waals surface area contributed by atoms with Crippen LogP contribution in [0.3, 0.4) is 0 Å². The maximum absolute atomic E-state index is 11.9. The summed E-state index contributed by atoms with van der Waals surface area (Å²) < 4.78 is 0. The smallest absolute Gasteiger partial charge is 0.236 e. The molecule has 0 aromatic carbocycles. The molecule has 0 bridgehead atoms. The van der Waals surface area contributed by atoms with E-state index in [-0.39, 0.29) is 24.3 Å². The van der Waals surface area contributed by atoms with Crippen LogP contribution in [0.25, 0.3) is 0 Å². The molecule has 1 saturated heterocycles. The van der Waals surface area contributed by atoms with Crippen LogP contribution in [-0.4, -0.2) is 42.9 Å². The molecule has 96 valence electrons. The second kappa shape index (κ2) is 5.49. The predicted octanol–water partition coefficient (Wildman–Crippen LogP) is -0.290. The average Bonchev–Trinajstić information content (AvgIpc) is 3.19. The fourth-order valence-corrected chi connectivity index (χ4v) is 2.26. The molecule has 3 N–H and O–H groups in total. The van der Waals surface area contributed by atoms with Crippen LogP contribution in [-0.2, 0) is 9.59 Å². The van der Waals surface area contributed by atoms with Gasteiger partial charge in [0.15, 0.2) is 0 Å². The summed E-state index contributed by atoms with van der Waals surface area (Å²) in [6, 6.07) is 0. The Hall–Kier alpha value is -1.10. The summed E-state index contributed by atoms with van der Waals surface area (Å²) in [4.78, 5) is 25.1. The van der Waals surface area contributed by atoms with E-state index in [4.69, 9.17) is 5.73 Å². The lowest BCUT2D eigenvalue weighted by atomic mass is 9.97. The molecule has 5 heteroatoms. The number of carbonyl (C=O) groups is 2. The van der Waals surface area contributed by atoms with E-state index < -0.39 is 0 Å². The molecule has 2 amide bonds. The van der Waals surface area contributed by atoms with Crippen LogP contribution in [0.4, 0.5) is 0 Å². The van der Waals surface area contributed by atoms with Crippen LogP contribution in [0.2, 0.25) is 0 Å². The molecule has 2 rings (SSSR count). The van der Waals surface area contributed by atoms with E-state index in [9.17, 15) is 9.59 Å². The van der Waals surface area contributed by atoms with Gasteiger partial charge in [0, 0.05) is 19.6 Å². The van der Waals surface area contributed by atoms with Crippen molar-refractivity contribution in [3.63, 3.8) is 0 Å². The standard InChI is InChI=1S/C12H21N3O2/c13-6-11(16)15-5-1-2-10(8-15)12(17)14-7-9-3-4-9/h9-10H,1-8,13H2,(H,14,17). The summed E-state index contributed by atoms with van der Waals surface area (Å²) >= 11 is 0. The van der Waals surface area contributed by atoms with Gasteiger partial charge in [-0.3, -0.25) is 9.59 Å². The van der Waals surface area contributed by atoms with Crippen molar-refractivity contribution < 1.29 is 9.59 Å². The van der Waals surface area contributed by atoms with Gasteiger partial charge in [0.05, 0.1) is 12.5 Å². The first kappa shape index (κ1) is 12.4. The van der Waals surface area contributed by atoms with E-state index in [0.29, 0.717) is 12.5 Å². The van der Waals surface area contributed by atoms with Gasteiger partial charge in [-0.25, -0.2) is 0 Å². The highest BCUT2D eigenvalue weighted by Crippen LogP contribution is 2.27. The first-order chi connectivity index (χ1) is 8.20. The highest BCUT2D eigenvalue weighted by molar-refractivity contribution is 5.82. The first-order valence-electron chi connectivity index (χ1n) is 6.46. The Bertz CT molecular complexity index is 302. The number of nitrogens with one attached hydrogen (secondary N) is 1. The molecular weight excluding hydrogens is 218 g/mol. The van der Waals surface area contributed by atoms with Gasteiger partial charge in [-0.15, -0.1) is 0 Å². The Kier molecular flexibility index (Phi) is 3.99. The van der Waals surface area contributed by atoms with Crippen molar-refractivity contribution in [3.05, 3.63) is 0 Å². The van der Waals surface area contributed by atoms with Crippen LogP contribution in [0, 0.1) is 11.8 Å². The number of rotatable bonds is 4. The molecular formula is C12H21N3O2. The Morgan fingerprint density at radius 3 is 2.71 bits per heavy atom. The monoisotopic (exact) mass is 239 g/mol. The predicted molar refractivity (Wildman–Crippen MR) is 64.1 cm³/mol. The van der Waals surface area contributed by atoms with Crippen molar-refractivity contribution >= 4 is 11.8 Å². The van der Waals surface area contributed by atoms with E-state index in [1.54, 1.807) is 4.90 Å². The largest absolute Gasteiger partial charge is 0.356 e. The number of nitrogens with two attached hydrogens (primary N) is 1. The van der Waals surface area contributed by atoms with Crippen molar-refractivity contribution in [2.75, 3.05) is 26.2 Å². The molecule has 1 saturated carbocycles. The van der Waals surface area contributed by atoms with Gasteiger partial charge in [-0.1, -0.05) is 0 Å². The minimum absolute atomic E-state index is 0.0381. The highest BCUT2D eigenvalue weighted by Gasteiger charge is 2.29. The van der Waals surface area contributed by atoms with Crippen molar-refractivity contribution in [1.82, 2.24) is 10.2 Å². The van der Waals surface area contributed by atoms with Crippen molar-refractivity contribution in [2.45, 2.75) is 25.7 Å². The summed E-state index contributed by atoms with van der Waals surface area (Å²) in [6.07, 6.45) is 4.25. The van der Waals surface area contributed by atoms with Crippen LogP contribution < -0.4 is 11.1 Å². The number of hydrogen-bond acceptors (Lipinski definition) is 3. The molecule has 1 unspecified atom stereocenters. The molecule has 1 atom stereocenters. The molecule has 0 aromatic rings. The van der Waals surface area contributed by atoms with E-state index >= 15 is 0 Å². The normalized spacial score (nSPS) is 24.5. The molecule has 1 heterocycles. The van der Waals surface area contributed by atoms with Crippen molar-refractivity contribution in [2.24, 2.45) is 17.6 Å². The second-order valence-electron chi connectivity index (χ2n) is 5.07. The van der Waals surface area contributed by atoms with E-state index in [1.807, 2.05) is 0 Å². The minimum Gasteiger partial charge on any atom is -0.356 e. The number of piperidine rings is 1. The zero-order chi connectivity index (χ0) is 12.3. The van der Waals surface area contributed by atoms with E-state index in [0.717, 1.165) is 25.9 Å². The fraction of sp³-hybridized carbons (Fsp3) is 0.833. The van der Waals surface area contributed by atoms with Gasteiger partial charge in [0.2, 0.25) is 11.8 Å². The van der Waals surface area contributed by atoms with E-state index in [1.165, 1.54) is 12.8 Å². The Balaban J connectivity index is 1.78. The maximum atomic E-state index is 11.9. The third-order valence-corrected chi connectivity index (χ3v) is 3.58. The molecule has 0 radical (unpaired) electrons. The Morgan fingerprint density at radius 2 is 2.06 bits per heavy atom. The SMILES string of the molecule is NCC(=O)N1CCCC(C(=O)NCC2CC2)C1. The maximum Gasteiger partial charge on any atom is 0.236 e. The molecule has 0 spiro atoms.